The zero-order valence-corrected chi connectivity index (χ0v) is 14.7. The summed E-state index contributed by atoms with van der Waals surface area (Å²) in [5, 5.41) is 8.98. The molecule has 2 aliphatic rings. The number of carboxylic acids is 1. The van der Waals surface area contributed by atoms with E-state index in [0.717, 1.165) is 25.9 Å². The molecule has 2 atom stereocenters. The van der Waals surface area contributed by atoms with Crippen molar-refractivity contribution in [1.29, 1.82) is 0 Å². The van der Waals surface area contributed by atoms with E-state index in [2.05, 4.69) is 11.8 Å². The van der Waals surface area contributed by atoms with Crippen LogP contribution in [0.4, 0.5) is 0 Å². The highest BCUT2D eigenvalue weighted by atomic mass is 16.4. The van der Waals surface area contributed by atoms with Crippen molar-refractivity contribution in [2.45, 2.75) is 45.6 Å². The second-order valence-electron chi connectivity index (χ2n) is 6.78. The van der Waals surface area contributed by atoms with Gasteiger partial charge in [-0.15, -0.1) is 0 Å². The Balaban J connectivity index is 1.94. The van der Waals surface area contributed by atoms with Crippen molar-refractivity contribution in [3.63, 3.8) is 0 Å². The molecule has 24 heavy (non-hydrogen) atoms. The molecule has 2 fully saturated rings. The number of rotatable bonds is 8. The van der Waals surface area contributed by atoms with E-state index >= 15 is 0 Å². The van der Waals surface area contributed by atoms with Crippen molar-refractivity contribution in [2.75, 3.05) is 39.3 Å². The van der Waals surface area contributed by atoms with Crippen LogP contribution < -0.4 is 0 Å². The number of carbonyl (C=O) groups excluding carboxylic acids is 2. The molecule has 2 rings (SSSR count). The van der Waals surface area contributed by atoms with E-state index in [0.29, 0.717) is 32.1 Å². The van der Waals surface area contributed by atoms with E-state index < -0.39 is 11.9 Å². The Bertz CT molecular complexity index is 482. The Morgan fingerprint density at radius 1 is 1.33 bits per heavy atom. The number of likely N-dealkylation sites (tertiary alicyclic amines) is 2. The molecule has 2 heterocycles. The van der Waals surface area contributed by atoms with Gasteiger partial charge in [0.1, 0.15) is 6.54 Å². The van der Waals surface area contributed by atoms with Crippen LogP contribution in [0.15, 0.2) is 0 Å². The number of amides is 2. The van der Waals surface area contributed by atoms with Crippen LogP contribution in [0.1, 0.15) is 39.5 Å². The zero-order valence-electron chi connectivity index (χ0n) is 14.7. The largest absolute Gasteiger partial charge is 0.480 e. The molecule has 1 N–H and O–H groups in total. The first kappa shape index (κ1) is 18.7. The van der Waals surface area contributed by atoms with Gasteiger partial charge < -0.3 is 14.9 Å². The average Bonchev–Trinajstić information content (AvgIpc) is 3.13. The fourth-order valence-corrected chi connectivity index (χ4v) is 3.85. The summed E-state index contributed by atoms with van der Waals surface area (Å²) in [6, 6.07) is 0.388. The Hall–Kier alpha value is -1.63. The summed E-state index contributed by atoms with van der Waals surface area (Å²) >= 11 is 0. The minimum atomic E-state index is -1.01. The maximum Gasteiger partial charge on any atom is 0.323 e. The Morgan fingerprint density at radius 3 is 2.71 bits per heavy atom. The van der Waals surface area contributed by atoms with Crippen molar-refractivity contribution in [3.05, 3.63) is 0 Å². The van der Waals surface area contributed by atoms with E-state index in [1.165, 1.54) is 4.90 Å². The van der Waals surface area contributed by atoms with Crippen LogP contribution in [0.25, 0.3) is 0 Å². The van der Waals surface area contributed by atoms with Crippen LogP contribution in [0.2, 0.25) is 0 Å². The van der Waals surface area contributed by atoms with Crippen molar-refractivity contribution >= 4 is 17.8 Å². The van der Waals surface area contributed by atoms with Crippen LogP contribution >= 0.6 is 0 Å². The standard InChI is InChI=1S/C17H29N3O4/c1-3-7-19(12-16(22)23)17(24)13-9-15(21)20(10-13)11-14-6-5-8-18(14)4-2/h13-14H,3-12H2,1-2H3,(H,22,23). The van der Waals surface area contributed by atoms with E-state index in [1.54, 1.807) is 4.90 Å². The quantitative estimate of drug-likeness (QED) is 0.702. The smallest absolute Gasteiger partial charge is 0.323 e. The van der Waals surface area contributed by atoms with Gasteiger partial charge in [0.2, 0.25) is 11.8 Å². The SMILES string of the molecule is CCCN(CC(=O)O)C(=O)C1CC(=O)N(CC2CCCN2CC)C1. The molecular formula is C17H29N3O4. The molecule has 136 valence electrons. The number of nitrogens with zero attached hydrogens (tertiary/aromatic N) is 3. The first-order valence-electron chi connectivity index (χ1n) is 8.98. The van der Waals surface area contributed by atoms with Crippen molar-refractivity contribution in [1.82, 2.24) is 14.7 Å². The summed E-state index contributed by atoms with van der Waals surface area (Å²) in [4.78, 5) is 41.4. The summed E-state index contributed by atoms with van der Waals surface area (Å²) in [6.45, 7) is 7.34. The van der Waals surface area contributed by atoms with Crippen molar-refractivity contribution in [3.8, 4) is 0 Å². The average molecular weight is 339 g/mol. The molecule has 0 saturated carbocycles. The van der Waals surface area contributed by atoms with Gasteiger partial charge in [0.05, 0.1) is 5.92 Å². The predicted octanol–water partition coefficient (Wildman–Crippen LogP) is 0.642. The van der Waals surface area contributed by atoms with Crippen molar-refractivity contribution < 1.29 is 19.5 Å². The Labute approximate surface area is 143 Å². The Morgan fingerprint density at radius 2 is 2.08 bits per heavy atom. The summed E-state index contributed by atoms with van der Waals surface area (Å²) in [5.41, 5.74) is 0. The van der Waals surface area contributed by atoms with E-state index in [4.69, 9.17) is 5.11 Å². The minimum Gasteiger partial charge on any atom is -0.480 e. The fourth-order valence-electron chi connectivity index (χ4n) is 3.85. The highest BCUT2D eigenvalue weighted by Crippen LogP contribution is 2.24. The zero-order chi connectivity index (χ0) is 17.7. The second-order valence-corrected chi connectivity index (χ2v) is 6.78. The highest BCUT2D eigenvalue weighted by molar-refractivity contribution is 5.90. The molecule has 0 spiro atoms. The topological polar surface area (TPSA) is 81.2 Å². The maximum atomic E-state index is 12.6. The monoisotopic (exact) mass is 339 g/mol. The van der Waals surface area contributed by atoms with Gasteiger partial charge in [-0.05, 0) is 32.4 Å². The van der Waals surface area contributed by atoms with Crippen molar-refractivity contribution in [2.24, 2.45) is 5.92 Å². The molecule has 0 aromatic rings. The highest BCUT2D eigenvalue weighted by Gasteiger charge is 2.38. The van der Waals surface area contributed by atoms with Gasteiger partial charge in [0, 0.05) is 32.1 Å². The molecule has 0 bridgehead atoms. The molecule has 7 heteroatoms. The third kappa shape index (κ3) is 4.47. The van der Waals surface area contributed by atoms with Gasteiger partial charge in [0.25, 0.3) is 0 Å². The minimum absolute atomic E-state index is 0.0167. The van der Waals surface area contributed by atoms with E-state index in [1.807, 2.05) is 6.92 Å². The molecular weight excluding hydrogens is 310 g/mol. The number of hydrogen-bond acceptors (Lipinski definition) is 4. The molecule has 2 aliphatic heterocycles. The van der Waals surface area contributed by atoms with Gasteiger partial charge in [-0.3, -0.25) is 19.3 Å². The lowest BCUT2D eigenvalue weighted by Crippen LogP contribution is -2.43. The third-order valence-electron chi connectivity index (χ3n) is 5.03. The van der Waals surface area contributed by atoms with Gasteiger partial charge in [-0.25, -0.2) is 0 Å². The molecule has 0 aromatic carbocycles. The van der Waals surface area contributed by atoms with Crippen LogP contribution in [-0.4, -0.2) is 82.9 Å². The Kier molecular flexibility index (Phi) is 6.60. The first-order valence-corrected chi connectivity index (χ1v) is 8.98. The fraction of sp³-hybridized carbons (Fsp3) is 0.824. The first-order chi connectivity index (χ1) is 11.5. The molecule has 2 amide bonds. The van der Waals surface area contributed by atoms with E-state index in [-0.39, 0.29) is 24.8 Å². The second kappa shape index (κ2) is 8.46. The van der Waals surface area contributed by atoms with Crippen LogP contribution in [-0.2, 0) is 14.4 Å². The van der Waals surface area contributed by atoms with Crippen LogP contribution in [0, 0.1) is 5.92 Å². The molecule has 0 radical (unpaired) electrons. The maximum absolute atomic E-state index is 12.6. The van der Waals surface area contributed by atoms with Crippen LogP contribution in [0.3, 0.4) is 0 Å². The summed E-state index contributed by atoms with van der Waals surface area (Å²) in [5.74, 6) is -1.60. The lowest BCUT2D eigenvalue weighted by molar-refractivity contribution is -0.146. The number of aliphatic carboxylic acids is 1. The third-order valence-corrected chi connectivity index (χ3v) is 5.03. The molecule has 0 aromatic heterocycles. The summed E-state index contributed by atoms with van der Waals surface area (Å²) in [7, 11) is 0. The lowest BCUT2D eigenvalue weighted by Gasteiger charge is -2.28. The van der Waals surface area contributed by atoms with Gasteiger partial charge in [-0.2, -0.15) is 0 Å². The number of hydrogen-bond donors (Lipinski definition) is 1. The summed E-state index contributed by atoms with van der Waals surface area (Å²) < 4.78 is 0. The number of likely N-dealkylation sites (N-methyl/N-ethyl adjacent to an activating group) is 1. The molecule has 0 aliphatic carbocycles. The molecule has 7 nitrogen and oxygen atoms in total. The number of carboxylic acid groups (broad SMARTS) is 1. The van der Waals surface area contributed by atoms with Gasteiger partial charge in [-0.1, -0.05) is 13.8 Å². The predicted molar refractivity (Wildman–Crippen MR) is 89.5 cm³/mol. The lowest BCUT2D eigenvalue weighted by atomic mass is 10.1. The van der Waals surface area contributed by atoms with Gasteiger partial charge in [0.15, 0.2) is 0 Å². The normalized spacial score (nSPS) is 24.6. The molecule has 2 saturated heterocycles. The van der Waals surface area contributed by atoms with Gasteiger partial charge >= 0.3 is 5.97 Å². The van der Waals surface area contributed by atoms with Crippen LogP contribution in [0.5, 0.6) is 0 Å². The van der Waals surface area contributed by atoms with E-state index in [9.17, 15) is 14.4 Å². The number of carbonyl (C=O) groups is 3. The molecule has 2 unspecified atom stereocenters. The summed E-state index contributed by atoms with van der Waals surface area (Å²) in [6.07, 6.45) is 3.16.